The molecular weight excluding hydrogens is 300 g/mol. The normalized spacial score (nSPS) is 22.0. The highest BCUT2D eigenvalue weighted by atomic mass is 35.5. The third-order valence-corrected chi connectivity index (χ3v) is 4.37. The number of hydrogen-bond acceptors (Lipinski definition) is 3. The molecule has 0 radical (unpaired) electrons. The summed E-state index contributed by atoms with van der Waals surface area (Å²) in [6, 6.07) is 3.51. The quantitative estimate of drug-likeness (QED) is 0.841. The SMILES string of the molecule is O=C(C1CN(c2ncccc2Cl)C1)N1CCC(F)(F)CC1. The van der Waals surface area contributed by atoms with Crippen LogP contribution >= 0.6 is 11.6 Å². The van der Waals surface area contributed by atoms with Gasteiger partial charge in [-0.25, -0.2) is 13.8 Å². The van der Waals surface area contributed by atoms with Crippen LogP contribution in [0.1, 0.15) is 12.8 Å². The number of piperidine rings is 1. The van der Waals surface area contributed by atoms with Crippen molar-refractivity contribution >= 4 is 23.3 Å². The van der Waals surface area contributed by atoms with Gasteiger partial charge in [-0.1, -0.05) is 11.6 Å². The summed E-state index contributed by atoms with van der Waals surface area (Å²) in [5.41, 5.74) is 0. The van der Waals surface area contributed by atoms with Gasteiger partial charge in [-0.2, -0.15) is 0 Å². The van der Waals surface area contributed by atoms with Crippen molar-refractivity contribution < 1.29 is 13.6 Å². The van der Waals surface area contributed by atoms with Gasteiger partial charge < -0.3 is 9.80 Å². The number of carbonyl (C=O) groups excluding carboxylic acids is 1. The van der Waals surface area contributed by atoms with Crippen molar-refractivity contribution in [1.82, 2.24) is 9.88 Å². The van der Waals surface area contributed by atoms with Crippen molar-refractivity contribution in [2.24, 2.45) is 5.92 Å². The molecule has 1 amide bonds. The van der Waals surface area contributed by atoms with Crippen LogP contribution in [0.4, 0.5) is 14.6 Å². The minimum Gasteiger partial charge on any atom is -0.354 e. The van der Waals surface area contributed by atoms with E-state index in [4.69, 9.17) is 11.6 Å². The largest absolute Gasteiger partial charge is 0.354 e. The van der Waals surface area contributed by atoms with E-state index in [-0.39, 0.29) is 37.8 Å². The Hall–Kier alpha value is -1.43. The van der Waals surface area contributed by atoms with Gasteiger partial charge in [-0.15, -0.1) is 0 Å². The number of likely N-dealkylation sites (tertiary alicyclic amines) is 1. The average molecular weight is 316 g/mol. The molecule has 3 rings (SSSR count). The molecule has 2 aliphatic heterocycles. The van der Waals surface area contributed by atoms with Gasteiger partial charge >= 0.3 is 0 Å². The van der Waals surface area contributed by atoms with Crippen LogP contribution in [-0.2, 0) is 4.79 Å². The number of anilines is 1. The zero-order chi connectivity index (χ0) is 15.0. The number of rotatable bonds is 2. The van der Waals surface area contributed by atoms with Crippen LogP contribution in [-0.4, -0.2) is 47.9 Å². The molecule has 0 unspecified atom stereocenters. The number of hydrogen-bond donors (Lipinski definition) is 0. The second-order valence-corrected chi connectivity index (χ2v) is 6.00. The van der Waals surface area contributed by atoms with Crippen LogP contribution in [0.3, 0.4) is 0 Å². The highest BCUT2D eigenvalue weighted by molar-refractivity contribution is 6.32. The molecule has 3 heterocycles. The van der Waals surface area contributed by atoms with E-state index in [2.05, 4.69) is 4.98 Å². The lowest BCUT2D eigenvalue weighted by molar-refractivity contribution is -0.142. The molecule has 7 heteroatoms. The summed E-state index contributed by atoms with van der Waals surface area (Å²) in [6.07, 6.45) is 1.19. The average Bonchev–Trinajstić information content (AvgIpc) is 2.39. The molecule has 0 bridgehead atoms. The maximum absolute atomic E-state index is 13.1. The summed E-state index contributed by atoms with van der Waals surface area (Å²) >= 11 is 6.06. The summed E-state index contributed by atoms with van der Waals surface area (Å²) in [5, 5.41) is 0.556. The molecule has 0 N–H and O–H groups in total. The summed E-state index contributed by atoms with van der Waals surface area (Å²) in [5.74, 6) is -2.12. The molecule has 0 aromatic carbocycles. The number of nitrogens with zero attached hydrogens (tertiary/aromatic N) is 3. The Balaban J connectivity index is 1.55. The van der Waals surface area contributed by atoms with Crippen LogP contribution in [0.5, 0.6) is 0 Å². The van der Waals surface area contributed by atoms with Gasteiger partial charge in [0.2, 0.25) is 5.91 Å². The van der Waals surface area contributed by atoms with Gasteiger partial charge in [0, 0.05) is 45.2 Å². The lowest BCUT2D eigenvalue weighted by Gasteiger charge is -2.43. The molecule has 2 aliphatic rings. The zero-order valence-corrected chi connectivity index (χ0v) is 12.2. The fourth-order valence-corrected chi connectivity index (χ4v) is 2.97. The van der Waals surface area contributed by atoms with Crippen molar-refractivity contribution in [2.75, 3.05) is 31.1 Å². The van der Waals surface area contributed by atoms with Crippen molar-refractivity contribution in [2.45, 2.75) is 18.8 Å². The molecule has 0 spiro atoms. The highest BCUT2D eigenvalue weighted by Gasteiger charge is 2.41. The second-order valence-electron chi connectivity index (χ2n) is 5.59. The minimum absolute atomic E-state index is 0.0335. The molecule has 1 aromatic heterocycles. The first-order valence-electron chi connectivity index (χ1n) is 6.98. The van der Waals surface area contributed by atoms with Gasteiger partial charge in [-0.05, 0) is 12.1 Å². The molecular formula is C14H16ClF2N3O. The summed E-state index contributed by atoms with van der Waals surface area (Å²) in [7, 11) is 0. The van der Waals surface area contributed by atoms with E-state index in [1.807, 2.05) is 4.90 Å². The lowest BCUT2D eigenvalue weighted by Crippen LogP contribution is -2.56. The molecule has 2 saturated heterocycles. The standard InChI is InChI=1S/C14H16ClF2N3O/c15-11-2-1-5-18-12(11)20-8-10(9-20)13(21)19-6-3-14(16,17)4-7-19/h1-2,5,10H,3-4,6-9H2. The van der Waals surface area contributed by atoms with E-state index in [9.17, 15) is 13.6 Å². The molecule has 21 heavy (non-hydrogen) atoms. The van der Waals surface area contributed by atoms with Crippen LogP contribution in [0.2, 0.25) is 5.02 Å². The molecule has 2 fully saturated rings. The summed E-state index contributed by atoms with van der Waals surface area (Å²) < 4.78 is 26.2. The van der Waals surface area contributed by atoms with Gasteiger partial charge in [0.05, 0.1) is 10.9 Å². The fraction of sp³-hybridized carbons (Fsp3) is 0.571. The third-order valence-electron chi connectivity index (χ3n) is 4.08. The zero-order valence-electron chi connectivity index (χ0n) is 11.4. The minimum atomic E-state index is -2.62. The topological polar surface area (TPSA) is 36.4 Å². The van der Waals surface area contributed by atoms with Crippen LogP contribution < -0.4 is 4.90 Å². The van der Waals surface area contributed by atoms with Gasteiger partial charge in [0.15, 0.2) is 0 Å². The first kappa shape index (κ1) is 14.5. The van der Waals surface area contributed by atoms with Crippen LogP contribution in [0.15, 0.2) is 18.3 Å². The maximum Gasteiger partial charge on any atom is 0.251 e. The van der Waals surface area contributed by atoms with E-state index < -0.39 is 5.92 Å². The molecule has 0 saturated carbocycles. The Labute approximate surface area is 126 Å². The van der Waals surface area contributed by atoms with Crippen LogP contribution in [0, 0.1) is 5.92 Å². The number of aromatic nitrogens is 1. The fourth-order valence-electron chi connectivity index (χ4n) is 2.73. The Morgan fingerprint density at radius 2 is 2.00 bits per heavy atom. The predicted molar refractivity (Wildman–Crippen MR) is 75.7 cm³/mol. The van der Waals surface area contributed by atoms with Crippen molar-refractivity contribution in [3.63, 3.8) is 0 Å². The molecule has 0 atom stereocenters. The second kappa shape index (κ2) is 5.40. The number of halogens is 3. The maximum atomic E-state index is 13.1. The third kappa shape index (κ3) is 2.95. The Morgan fingerprint density at radius 3 is 2.62 bits per heavy atom. The van der Waals surface area contributed by atoms with E-state index in [1.54, 1.807) is 23.2 Å². The van der Waals surface area contributed by atoms with Gasteiger partial charge in [0.1, 0.15) is 5.82 Å². The first-order chi connectivity index (χ1) is 9.96. The Kier molecular flexibility index (Phi) is 3.73. The smallest absolute Gasteiger partial charge is 0.251 e. The van der Waals surface area contributed by atoms with Crippen LogP contribution in [0.25, 0.3) is 0 Å². The van der Waals surface area contributed by atoms with Gasteiger partial charge in [0.25, 0.3) is 5.92 Å². The number of amides is 1. The molecule has 4 nitrogen and oxygen atoms in total. The van der Waals surface area contributed by atoms with E-state index in [0.717, 1.165) is 0 Å². The summed E-state index contributed by atoms with van der Waals surface area (Å²) in [6.45, 7) is 1.38. The number of carbonyl (C=O) groups is 1. The van der Waals surface area contributed by atoms with Gasteiger partial charge in [-0.3, -0.25) is 4.79 Å². The summed E-state index contributed by atoms with van der Waals surface area (Å²) in [4.78, 5) is 19.9. The predicted octanol–water partition coefficient (Wildman–Crippen LogP) is 2.43. The Morgan fingerprint density at radius 1 is 1.33 bits per heavy atom. The monoisotopic (exact) mass is 315 g/mol. The number of alkyl halides is 2. The Bertz CT molecular complexity index is 539. The number of pyridine rings is 1. The highest BCUT2D eigenvalue weighted by Crippen LogP contribution is 2.32. The first-order valence-corrected chi connectivity index (χ1v) is 7.36. The van der Waals surface area contributed by atoms with E-state index in [0.29, 0.717) is 23.9 Å². The van der Waals surface area contributed by atoms with E-state index >= 15 is 0 Å². The molecule has 1 aromatic rings. The van der Waals surface area contributed by atoms with E-state index in [1.165, 1.54) is 0 Å². The molecule has 114 valence electrons. The molecule has 0 aliphatic carbocycles. The van der Waals surface area contributed by atoms with Crippen molar-refractivity contribution in [1.29, 1.82) is 0 Å². The van der Waals surface area contributed by atoms with Crippen molar-refractivity contribution in [3.05, 3.63) is 23.4 Å². The lowest BCUT2D eigenvalue weighted by atomic mass is 9.96. The van der Waals surface area contributed by atoms with Crippen molar-refractivity contribution in [3.8, 4) is 0 Å².